The smallest absolute Gasteiger partial charge is 0.0652 e. The second kappa shape index (κ2) is 4.05. The summed E-state index contributed by atoms with van der Waals surface area (Å²) in [5, 5.41) is 8.02. The van der Waals surface area contributed by atoms with Crippen molar-refractivity contribution in [1.29, 1.82) is 0 Å². The van der Waals surface area contributed by atoms with E-state index in [0.29, 0.717) is 0 Å². The summed E-state index contributed by atoms with van der Waals surface area (Å²) in [6, 6.07) is 19.9. The molecule has 1 nitrogen and oxygen atoms in total. The number of nitrogens with one attached hydrogen (secondary N) is 1. The molecule has 0 aliphatic heterocycles. The van der Waals surface area contributed by atoms with Gasteiger partial charge in [0, 0.05) is 36.2 Å². The van der Waals surface area contributed by atoms with Crippen LogP contribution in [-0.4, -0.2) is 4.98 Å². The number of fused-ring (bicyclic) bond motifs is 4. The van der Waals surface area contributed by atoms with Crippen LogP contribution in [-0.2, 0) is 0 Å². The van der Waals surface area contributed by atoms with Crippen LogP contribution in [0.2, 0.25) is 0 Å². The lowest BCUT2D eigenvalue weighted by molar-refractivity contribution is 1.57. The molecule has 1 N–H and O–H groups in total. The van der Waals surface area contributed by atoms with Crippen LogP contribution >= 0.6 is 27.3 Å². The second-order valence-corrected chi connectivity index (χ2v) is 8.03. The van der Waals surface area contributed by atoms with Crippen molar-refractivity contribution in [1.82, 2.24) is 4.98 Å². The van der Waals surface area contributed by atoms with E-state index in [2.05, 4.69) is 75.5 Å². The van der Waals surface area contributed by atoms with Crippen LogP contribution in [0.4, 0.5) is 0 Å². The Kier molecular flexibility index (Phi) is 2.17. The average Bonchev–Trinajstić information content (AvgIpc) is 3.11. The molecule has 2 heterocycles. The molecule has 0 fully saturated rings. The minimum absolute atomic E-state index is 1.12. The van der Waals surface area contributed by atoms with Crippen LogP contribution in [0.1, 0.15) is 0 Å². The maximum absolute atomic E-state index is 3.68. The lowest BCUT2D eigenvalue weighted by Gasteiger charge is -2.03. The lowest BCUT2D eigenvalue weighted by Crippen LogP contribution is -1.77. The molecule has 4 aromatic carbocycles. The number of aromatic amines is 1. The third-order valence-corrected chi connectivity index (χ3v) is 6.45. The molecule has 6 aromatic rings. The molecule has 6 rings (SSSR count). The quantitative estimate of drug-likeness (QED) is 0.274. The molecule has 2 aromatic heterocycles. The largest absolute Gasteiger partial charge is 0.353 e. The van der Waals surface area contributed by atoms with Crippen molar-refractivity contribution in [3.63, 3.8) is 0 Å². The van der Waals surface area contributed by atoms with Crippen molar-refractivity contribution in [2.24, 2.45) is 0 Å². The van der Waals surface area contributed by atoms with E-state index in [1.165, 1.54) is 52.8 Å². The van der Waals surface area contributed by atoms with Crippen LogP contribution in [0.15, 0.2) is 59.1 Å². The fourth-order valence-electron chi connectivity index (χ4n) is 3.85. The Bertz CT molecular complexity index is 1370. The first kappa shape index (κ1) is 12.3. The van der Waals surface area contributed by atoms with E-state index in [0.717, 1.165) is 4.47 Å². The van der Waals surface area contributed by atoms with Crippen LogP contribution < -0.4 is 0 Å². The molecule has 0 aliphatic carbocycles. The topological polar surface area (TPSA) is 15.8 Å². The molecule has 0 saturated carbocycles. The van der Waals surface area contributed by atoms with Crippen LogP contribution in [0.25, 0.3) is 52.8 Å². The SMILES string of the molecule is Brc1cc2ccc3cc4c5ccccc5sc4c4[nH]c(c1)c2c34. The van der Waals surface area contributed by atoms with Crippen LogP contribution in [0, 0.1) is 0 Å². The second-order valence-electron chi connectivity index (χ2n) is 6.07. The molecule has 0 unspecified atom stereocenters. The average molecular weight is 376 g/mol. The van der Waals surface area contributed by atoms with Crippen LogP contribution in [0.3, 0.4) is 0 Å². The van der Waals surface area contributed by atoms with E-state index in [9.17, 15) is 0 Å². The number of halogens is 1. The zero-order chi connectivity index (χ0) is 15.1. The maximum Gasteiger partial charge on any atom is 0.0652 e. The van der Waals surface area contributed by atoms with Gasteiger partial charge in [0.15, 0.2) is 0 Å². The first-order chi connectivity index (χ1) is 11.3. The Labute approximate surface area is 144 Å². The summed E-state index contributed by atoms with van der Waals surface area (Å²) >= 11 is 5.51. The molecule has 23 heavy (non-hydrogen) atoms. The van der Waals surface area contributed by atoms with Gasteiger partial charge in [-0.15, -0.1) is 11.3 Å². The van der Waals surface area contributed by atoms with Gasteiger partial charge in [0.1, 0.15) is 0 Å². The molecular weight excluding hydrogens is 366 g/mol. The molecule has 0 aliphatic rings. The van der Waals surface area contributed by atoms with E-state index in [1.807, 2.05) is 11.3 Å². The fourth-order valence-corrected chi connectivity index (χ4v) is 5.52. The van der Waals surface area contributed by atoms with Crippen LogP contribution in [0.5, 0.6) is 0 Å². The summed E-state index contributed by atoms with van der Waals surface area (Å²) in [7, 11) is 0. The predicted molar refractivity (Wildman–Crippen MR) is 105 cm³/mol. The summed E-state index contributed by atoms with van der Waals surface area (Å²) < 4.78 is 3.83. The van der Waals surface area contributed by atoms with Crippen molar-refractivity contribution in [3.05, 3.63) is 59.1 Å². The summed E-state index contributed by atoms with van der Waals surface area (Å²) in [5.74, 6) is 0. The molecule has 0 saturated heterocycles. The van der Waals surface area contributed by atoms with E-state index in [1.54, 1.807) is 0 Å². The highest BCUT2D eigenvalue weighted by Gasteiger charge is 2.16. The van der Waals surface area contributed by atoms with E-state index >= 15 is 0 Å². The Morgan fingerprint density at radius 3 is 2.57 bits per heavy atom. The summed E-state index contributed by atoms with van der Waals surface area (Å²) in [6.45, 7) is 0. The number of thiophene rings is 1. The van der Waals surface area contributed by atoms with Crippen molar-refractivity contribution in [2.45, 2.75) is 0 Å². The fraction of sp³-hybridized carbons (Fsp3) is 0. The van der Waals surface area contributed by atoms with Gasteiger partial charge in [-0.05, 0) is 35.0 Å². The number of aromatic nitrogens is 1. The first-order valence-electron chi connectivity index (χ1n) is 7.57. The summed E-state index contributed by atoms with van der Waals surface area (Å²) in [6.07, 6.45) is 0. The number of hydrogen-bond acceptors (Lipinski definition) is 1. The monoisotopic (exact) mass is 375 g/mol. The summed E-state index contributed by atoms with van der Waals surface area (Å²) in [4.78, 5) is 3.68. The third-order valence-electron chi connectivity index (χ3n) is 4.79. The number of benzene rings is 4. The van der Waals surface area contributed by atoms with Gasteiger partial charge in [-0.1, -0.05) is 46.3 Å². The third kappa shape index (κ3) is 1.47. The molecule has 0 bridgehead atoms. The van der Waals surface area contributed by atoms with Crippen molar-refractivity contribution >= 4 is 80.0 Å². The van der Waals surface area contributed by atoms with Crippen molar-refractivity contribution < 1.29 is 0 Å². The van der Waals surface area contributed by atoms with Gasteiger partial charge in [-0.25, -0.2) is 0 Å². The van der Waals surface area contributed by atoms with Gasteiger partial charge in [0.25, 0.3) is 0 Å². The van der Waals surface area contributed by atoms with Gasteiger partial charge < -0.3 is 4.98 Å². The Hall–Kier alpha value is -2.10. The minimum atomic E-state index is 1.12. The Balaban J connectivity index is 2.00. The van der Waals surface area contributed by atoms with Crippen molar-refractivity contribution in [2.75, 3.05) is 0 Å². The number of rotatable bonds is 0. The molecule has 0 amide bonds. The highest BCUT2D eigenvalue weighted by molar-refractivity contribution is 9.10. The van der Waals surface area contributed by atoms with Gasteiger partial charge in [0.2, 0.25) is 0 Å². The molecule has 3 heteroatoms. The number of H-pyrrole nitrogens is 1. The Morgan fingerprint density at radius 1 is 0.826 bits per heavy atom. The zero-order valence-electron chi connectivity index (χ0n) is 12.0. The van der Waals surface area contributed by atoms with E-state index < -0.39 is 0 Å². The summed E-state index contributed by atoms with van der Waals surface area (Å²) in [5.41, 5.74) is 2.48. The molecule has 108 valence electrons. The Morgan fingerprint density at radius 2 is 1.65 bits per heavy atom. The van der Waals surface area contributed by atoms with Gasteiger partial charge in [-0.3, -0.25) is 0 Å². The molecular formula is C20H10BrNS. The van der Waals surface area contributed by atoms with Crippen molar-refractivity contribution in [3.8, 4) is 0 Å². The maximum atomic E-state index is 3.68. The van der Waals surface area contributed by atoms with Gasteiger partial charge in [0.05, 0.1) is 10.2 Å². The normalized spacial score (nSPS) is 12.6. The molecule has 0 radical (unpaired) electrons. The minimum Gasteiger partial charge on any atom is -0.353 e. The lowest BCUT2D eigenvalue weighted by atomic mass is 10.00. The molecule has 0 atom stereocenters. The highest BCUT2D eigenvalue weighted by atomic mass is 79.9. The standard InChI is InChI=1S/C20H10BrNS/c21-12-7-10-5-6-11-8-14-13-3-1-2-4-16(13)23-20(14)19-18(11)17(10)15(9-12)22-19/h1-9,22H. The molecule has 0 spiro atoms. The highest BCUT2D eigenvalue weighted by Crippen LogP contribution is 2.44. The number of hydrogen-bond donors (Lipinski definition) is 1. The van der Waals surface area contributed by atoms with E-state index in [-0.39, 0.29) is 0 Å². The predicted octanol–water partition coefficient (Wildman–Crippen LogP) is 7.04. The first-order valence-corrected chi connectivity index (χ1v) is 9.18. The van der Waals surface area contributed by atoms with E-state index in [4.69, 9.17) is 0 Å². The van der Waals surface area contributed by atoms with Gasteiger partial charge in [-0.2, -0.15) is 0 Å². The zero-order valence-corrected chi connectivity index (χ0v) is 14.4. The van der Waals surface area contributed by atoms with Gasteiger partial charge >= 0.3 is 0 Å².